The summed E-state index contributed by atoms with van der Waals surface area (Å²) < 4.78 is 11.8. The summed E-state index contributed by atoms with van der Waals surface area (Å²) in [5, 5.41) is 0.630. The number of Topliss-reactive ketones (excluding diaryl/α,β-unsaturated/α-hetero) is 1. The van der Waals surface area contributed by atoms with Gasteiger partial charge in [0.2, 0.25) is 5.88 Å². The van der Waals surface area contributed by atoms with E-state index >= 15 is 0 Å². The summed E-state index contributed by atoms with van der Waals surface area (Å²) in [4.78, 5) is 15.4. The molecule has 1 heterocycles. The third-order valence-corrected chi connectivity index (χ3v) is 5.51. The topological polar surface area (TPSA) is 48.4 Å². The zero-order chi connectivity index (χ0) is 18.5. The molecule has 4 nitrogen and oxygen atoms in total. The van der Waals surface area contributed by atoms with Gasteiger partial charge in [0.25, 0.3) is 0 Å². The maximum Gasteiger partial charge on any atom is 0.233 e. The molecule has 0 aromatic carbocycles. The van der Waals surface area contributed by atoms with E-state index in [0.29, 0.717) is 42.4 Å². The fraction of sp³-hybridized carbons (Fsp3) is 0.619. The van der Waals surface area contributed by atoms with Crippen molar-refractivity contribution < 1.29 is 14.3 Å². The monoisotopic (exact) mass is 377 g/mol. The molecule has 1 aromatic rings. The zero-order valence-electron chi connectivity index (χ0n) is 15.7. The van der Waals surface area contributed by atoms with Gasteiger partial charge < -0.3 is 14.3 Å². The van der Waals surface area contributed by atoms with Gasteiger partial charge in [0, 0.05) is 24.8 Å². The lowest BCUT2D eigenvalue weighted by Gasteiger charge is -2.35. The van der Waals surface area contributed by atoms with Gasteiger partial charge >= 0.3 is 0 Å². The van der Waals surface area contributed by atoms with Crippen LogP contribution in [-0.2, 0) is 9.53 Å². The predicted molar refractivity (Wildman–Crippen MR) is 103 cm³/mol. The first-order valence-corrected chi connectivity index (χ1v) is 9.98. The highest BCUT2D eigenvalue weighted by molar-refractivity contribution is 6.33. The largest absolute Gasteiger partial charge is 0.476 e. The van der Waals surface area contributed by atoms with Crippen LogP contribution in [0.15, 0.2) is 18.3 Å². The average molecular weight is 378 g/mol. The molecule has 0 aliphatic heterocycles. The molecule has 142 valence electrons. The minimum Gasteiger partial charge on any atom is -0.476 e. The van der Waals surface area contributed by atoms with Gasteiger partial charge in [-0.3, -0.25) is 0 Å². The molecule has 0 N–H and O–H groups in total. The molecular weight excluding hydrogens is 350 g/mol. The highest BCUT2D eigenvalue weighted by Crippen LogP contribution is 2.37. The molecule has 1 saturated carbocycles. The van der Waals surface area contributed by atoms with E-state index in [-0.39, 0.29) is 11.9 Å². The Labute approximate surface area is 160 Å². The van der Waals surface area contributed by atoms with Gasteiger partial charge in [0.05, 0.1) is 12.7 Å². The Bertz CT molecular complexity index is 667. The Morgan fingerprint density at radius 2 is 2.23 bits per heavy atom. The Morgan fingerprint density at radius 3 is 2.92 bits per heavy atom. The first kappa shape index (κ1) is 19.4. The number of hydrogen-bond acceptors (Lipinski definition) is 4. The molecule has 1 aromatic heterocycles. The minimum absolute atomic E-state index is 0.223. The van der Waals surface area contributed by atoms with Crippen molar-refractivity contribution in [2.24, 2.45) is 11.8 Å². The molecule has 0 saturated heterocycles. The Balaban J connectivity index is 1.41. The molecule has 0 amide bonds. The van der Waals surface area contributed by atoms with Gasteiger partial charge in [-0.1, -0.05) is 24.6 Å². The molecule has 0 unspecified atom stereocenters. The van der Waals surface area contributed by atoms with Crippen LogP contribution < -0.4 is 4.74 Å². The van der Waals surface area contributed by atoms with E-state index in [2.05, 4.69) is 18.0 Å². The summed E-state index contributed by atoms with van der Waals surface area (Å²) in [5.41, 5.74) is 2.36. The molecular formula is C21H28ClNO3. The second kappa shape index (κ2) is 9.01. The number of aromatic nitrogens is 1. The number of nitrogens with zero attached hydrogens (tertiary/aromatic N) is 1. The van der Waals surface area contributed by atoms with E-state index in [1.54, 1.807) is 13.1 Å². The van der Waals surface area contributed by atoms with Crippen molar-refractivity contribution >= 4 is 23.0 Å². The highest BCUT2D eigenvalue weighted by atomic mass is 35.5. The number of rotatable bonds is 9. The summed E-state index contributed by atoms with van der Waals surface area (Å²) >= 11 is 6.51. The first-order valence-electron chi connectivity index (χ1n) is 9.60. The van der Waals surface area contributed by atoms with Crippen molar-refractivity contribution in [2.45, 2.75) is 58.5 Å². The maximum atomic E-state index is 11.1. The minimum atomic E-state index is 0.223. The van der Waals surface area contributed by atoms with Crippen molar-refractivity contribution in [3.63, 3.8) is 0 Å². The van der Waals surface area contributed by atoms with Crippen LogP contribution in [0.3, 0.4) is 0 Å². The lowest BCUT2D eigenvalue weighted by atomic mass is 9.83. The van der Waals surface area contributed by atoms with Crippen LogP contribution in [0, 0.1) is 11.8 Å². The van der Waals surface area contributed by atoms with E-state index in [1.165, 1.54) is 12.0 Å². The summed E-state index contributed by atoms with van der Waals surface area (Å²) in [6.07, 6.45) is 10.3. The summed E-state index contributed by atoms with van der Waals surface area (Å²) in [5.74, 6) is 1.53. The number of carbonyl (C=O) groups excluding carboxylic acids is 1. The number of ether oxygens (including phenoxy) is 2. The van der Waals surface area contributed by atoms with E-state index in [0.717, 1.165) is 31.2 Å². The summed E-state index contributed by atoms with van der Waals surface area (Å²) in [6.45, 7) is 4.96. The maximum absolute atomic E-state index is 11.1. The normalized spacial score (nSPS) is 23.3. The summed E-state index contributed by atoms with van der Waals surface area (Å²) in [7, 11) is 0. The standard InChI is InChI=1S/C21H28ClNO3/c1-14(9-15(2)24)12-25-18-10-16(11-18)13-26-21-20(22)19(7-8-23-21)17-5-3-4-6-17/h5,7-8,14,16,18H,3-4,6,9-13H2,1-2H3/t14-,16?,18?/m1/s1. The summed E-state index contributed by atoms with van der Waals surface area (Å²) in [6, 6.07) is 1.97. The van der Waals surface area contributed by atoms with E-state index in [1.807, 2.05) is 6.07 Å². The Hall–Kier alpha value is -1.39. The quantitative estimate of drug-likeness (QED) is 0.601. The van der Waals surface area contributed by atoms with Crippen LogP contribution in [-0.4, -0.2) is 30.1 Å². The molecule has 5 heteroatoms. The lowest BCUT2D eigenvalue weighted by molar-refractivity contribution is -0.119. The Kier molecular flexibility index (Phi) is 6.71. The molecule has 26 heavy (non-hydrogen) atoms. The van der Waals surface area contributed by atoms with Gasteiger partial charge in [-0.05, 0) is 62.5 Å². The van der Waals surface area contributed by atoms with Gasteiger partial charge in [-0.2, -0.15) is 0 Å². The fourth-order valence-corrected chi connectivity index (χ4v) is 3.97. The highest BCUT2D eigenvalue weighted by Gasteiger charge is 2.31. The van der Waals surface area contributed by atoms with E-state index < -0.39 is 0 Å². The first-order chi connectivity index (χ1) is 12.5. The van der Waals surface area contributed by atoms with E-state index in [4.69, 9.17) is 21.1 Å². The fourth-order valence-electron chi connectivity index (χ4n) is 3.68. The number of hydrogen-bond donors (Lipinski definition) is 0. The van der Waals surface area contributed by atoms with Gasteiger partial charge in [-0.25, -0.2) is 4.98 Å². The van der Waals surface area contributed by atoms with E-state index in [9.17, 15) is 4.79 Å². The van der Waals surface area contributed by atoms with Crippen LogP contribution >= 0.6 is 11.6 Å². The van der Waals surface area contributed by atoms with Crippen LogP contribution in [0.5, 0.6) is 5.88 Å². The molecule has 2 aliphatic carbocycles. The van der Waals surface area contributed by atoms with Crippen molar-refractivity contribution in [3.05, 3.63) is 28.9 Å². The average Bonchev–Trinajstić information content (AvgIpc) is 3.07. The second-order valence-electron chi connectivity index (χ2n) is 7.71. The van der Waals surface area contributed by atoms with Crippen molar-refractivity contribution in [2.75, 3.05) is 13.2 Å². The number of allylic oxidation sites excluding steroid dienone is 2. The molecule has 1 atom stereocenters. The predicted octanol–water partition coefficient (Wildman–Crippen LogP) is 5.09. The smallest absolute Gasteiger partial charge is 0.233 e. The molecule has 3 rings (SSSR count). The third-order valence-electron chi connectivity index (χ3n) is 5.14. The van der Waals surface area contributed by atoms with Crippen LogP contribution in [0.1, 0.15) is 57.9 Å². The Morgan fingerprint density at radius 1 is 1.42 bits per heavy atom. The number of carbonyl (C=O) groups is 1. The van der Waals surface area contributed by atoms with Gasteiger partial charge in [-0.15, -0.1) is 0 Å². The van der Waals surface area contributed by atoms with Crippen molar-refractivity contribution in [1.82, 2.24) is 4.98 Å². The number of ketones is 1. The lowest BCUT2D eigenvalue weighted by Crippen LogP contribution is -2.36. The molecule has 1 fully saturated rings. The van der Waals surface area contributed by atoms with Crippen LogP contribution in [0.25, 0.3) is 5.57 Å². The molecule has 0 radical (unpaired) electrons. The SMILES string of the molecule is CC(=O)C[C@@H](C)COC1CC(COc2nccc(C3=CCCC3)c2Cl)C1. The van der Waals surface area contributed by atoms with Gasteiger partial charge in [0.15, 0.2) is 0 Å². The van der Waals surface area contributed by atoms with Crippen LogP contribution in [0.4, 0.5) is 0 Å². The van der Waals surface area contributed by atoms with Crippen molar-refractivity contribution in [3.8, 4) is 5.88 Å². The number of pyridine rings is 1. The second-order valence-corrected chi connectivity index (χ2v) is 8.09. The zero-order valence-corrected chi connectivity index (χ0v) is 16.4. The van der Waals surface area contributed by atoms with Crippen molar-refractivity contribution in [1.29, 1.82) is 0 Å². The number of halogens is 1. The van der Waals surface area contributed by atoms with Crippen LogP contribution in [0.2, 0.25) is 5.02 Å². The van der Waals surface area contributed by atoms with Gasteiger partial charge in [0.1, 0.15) is 10.8 Å². The molecule has 0 bridgehead atoms. The third kappa shape index (κ3) is 5.08. The molecule has 2 aliphatic rings. The molecule has 0 spiro atoms.